The molecule has 2 amide bonds. The summed E-state index contributed by atoms with van der Waals surface area (Å²) < 4.78 is 48.2. The third kappa shape index (κ3) is 8.23. The van der Waals surface area contributed by atoms with Crippen molar-refractivity contribution < 1.29 is 27.1 Å². The Balaban J connectivity index is 2.14. The molecule has 1 N–H and O–H groups in total. The van der Waals surface area contributed by atoms with E-state index in [-0.39, 0.29) is 34.3 Å². The van der Waals surface area contributed by atoms with Crippen LogP contribution in [0.25, 0.3) is 0 Å². The van der Waals surface area contributed by atoms with Crippen LogP contribution in [-0.4, -0.2) is 50.4 Å². The molecule has 1 atom stereocenters. The molecule has 0 aliphatic heterocycles. The van der Waals surface area contributed by atoms with Crippen LogP contribution in [0.4, 0.5) is 10.1 Å². The van der Waals surface area contributed by atoms with Gasteiger partial charge in [-0.1, -0.05) is 48.4 Å². The van der Waals surface area contributed by atoms with Crippen molar-refractivity contribution in [1.29, 1.82) is 0 Å². The number of amides is 2. The van der Waals surface area contributed by atoms with Gasteiger partial charge in [-0.05, 0) is 82.1 Å². The lowest BCUT2D eigenvalue weighted by Gasteiger charge is -2.35. The largest absolute Gasteiger partial charge is 0.495 e. The van der Waals surface area contributed by atoms with Gasteiger partial charge in [0.25, 0.3) is 10.0 Å². The van der Waals surface area contributed by atoms with Gasteiger partial charge in [0.1, 0.15) is 24.2 Å². The van der Waals surface area contributed by atoms with Gasteiger partial charge in [0.2, 0.25) is 11.8 Å². The Hall–Kier alpha value is -3.63. The summed E-state index contributed by atoms with van der Waals surface area (Å²) in [4.78, 5) is 28.9. The molecule has 226 valence electrons. The predicted molar refractivity (Wildman–Crippen MR) is 163 cm³/mol. The summed E-state index contributed by atoms with van der Waals surface area (Å²) in [6, 6.07) is 15.3. The van der Waals surface area contributed by atoms with Crippen molar-refractivity contribution in [3.05, 3.63) is 88.7 Å². The summed E-state index contributed by atoms with van der Waals surface area (Å²) in [6.07, 6.45) is 0.250. The Morgan fingerprint density at radius 2 is 1.64 bits per heavy atom. The van der Waals surface area contributed by atoms with Gasteiger partial charge in [-0.25, -0.2) is 12.8 Å². The average Bonchev–Trinajstić information content (AvgIpc) is 2.91. The van der Waals surface area contributed by atoms with Gasteiger partial charge in [-0.15, -0.1) is 0 Å². The van der Waals surface area contributed by atoms with Crippen molar-refractivity contribution in [3.63, 3.8) is 0 Å². The quantitative estimate of drug-likeness (QED) is 0.297. The first kappa shape index (κ1) is 32.9. The van der Waals surface area contributed by atoms with Gasteiger partial charge in [-0.2, -0.15) is 0 Å². The number of ether oxygens (including phenoxy) is 1. The van der Waals surface area contributed by atoms with Crippen LogP contribution >= 0.6 is 11.6 Å². The molecule has 42 heavy (non-hydrogen) atoms. The van der Waals surface area contributed by atoms with E-state index in [2.05, 4.69) is 5.32 Å². The van der Waals surface area contributed by atoms with Crippen LogP contribution in [0.15, 0.2) is 71.6 Å². The fourth-order valence-electron chi connectivity index (χ4n) is 4.37. The van der Waals surface area contributed by atoms with Crippen molar-refractivity contribution in [2.75, 3.05) is 18.0 Å². The van der Waals surface area contributed by atoms with Crippen molar-refractivity contribution in [2.24, 2.45) is 0 Å². The minimum absolute atomic E-state index is 0.0365. The molecule has 3 aromatic rings. The molecule has 0 bridgehead atoms. The standard InChI is InChI=1S/C31H37ClFN3O5S/c1-7-26(30(38)34-31(3,4)5)35(19-22-10-13-24(33)14-11-22)29(37)20-36(27-18-23(32)12-17-28(27)41-6)42(39,40)25-15-8-21(2)9-16-25/h8-18,26H,7,19-20H2,1-6H3,(H,34,38)/t26-/m0/s1. The lowest BCUT2D eigenvalue weighted by atomic mass is 10.1. The van der Waals surface area contributed by atoms with Crippen LogP contribution in [0, 0.1) is 12.7 Å². The summed E-state index contributed by atoms with van der Waals surface area (Å²) in [5.41, 5.74) is 0.912. The van der Waals surface area contributed by atoms with Crippen LogP contribution in [0.5, 0.6) is 5.75 Å². The van der Waals surface area contributed by atoms with Gasteiger partial charge in [0, 0.05) is 17.1 Å². The first-order valence-electron chi connectivity index (χ1n) is 13.4. The van der Waals surface area contributed by atoms with E-state index in [1.165, 1.54) is 60.5 Å². The van der Waals surface area contributed by atoms with Crippen molar-refractivity contribution in [2.45, 2.75) is 64.1 Å². The SMILES string of the molecule is CC[C@@H](C(=O)NC(C)(C)C)N(Cc1ccc(F)cc1)C(=O)CN(c1cc(Cl)ccc1OC)S(=O)(=O)c1ccc(C)cc1. The summed E-state index contributed by atoms with van der Waals surface area (Å²) in [5.74, 6) is -1.30. The number of aryl methyl sites for hydroxylation is 1. The van der Waals surface area contributed by atoms with Crippen LogP contribution < -0.4 is 14.4 Å². The maximum Gasteiger partial charge on any atom is 0.264 e. The highest BCUT2D eigenvalue weighted by Crippen LogP contribution is 2.35. The summed E-state index contributed by atoms with van der Waals surface area (Å²) in [6.45, 7) is 8.35. The zero-order valence-corrected chi connectivity index (χ0v) is 26.2. The van der Waals surface area contributed by atoms with Gasteiger partial charge < -0.3 is 15.0 Å². The van der Waals surface area contributed by atoms with Gasteiger partial charge in [0.05, 0.1) is 17.7 Å². The zero-order valence-electron chi connectivity index (χ0n) is 24.6. The molecule has 0 aliphatic rings. The number of benzene rings is 3. The molecule has 0 heterocycles. The highest BCUT2D eigenvalue weighted by Gasteiger charge is 2.35. The minimum atomic E-state index is -4.31. The number of carbonyl (C=O) groups is 2. The number of sulfonamides is 1. The minimum Gasteiger partial charge on any atom is -0.495 e. The topological polar surface area (TPSA) is 96.0 Å². The lowest BCUT2D eigenvalue weighted by Crippen LogP contribution is -2.55. The molecule has 3 aromatic carbocycles. The smallest absolute Gasteiger partial charge is 0.264 e. The molecule has 0 aromatic heterocycles. The molecule has 3 rings (SSSR count). The van der Waals surface area contributed by atoms with Crippen LogP contribution in [0.1, 0.15) is 45.2 Å². The first-order valence-corrected chi connectivity index (χ1v) is 15.3. The second-order valence-corrected chi connectivity index (χ2v) is 13.3. The number of anilines is 1. The van der Waals surface area contributed by atoms with E-state index in [0.717, 1.165) is 9.87 Å². The number of nitrogens with one attached hydrogen (secondary N) is 1. The van der Waals surface area contributed by atoms with E-state index >= 15 is 0 Å². The lowest BCUT2D eigenvalue weighted by molar-refractivity contribution is -0.141. The van der Waals surface area contributed by atoms with E-state index in [0.29, 0.717) is 5.56 Å². The molecule has 0 unspecified atom stereocenters. The normalized spacial score (nSPS) is 12.4. The number of rotatable bonds is 11. The van der Waals surface area contributed by atoms with Crippen molar-refractivity contribution in [1.82, 2.24) is 10.2 Å². The molecule has 0 fully saturated rings. The highest BCUT2D eigenvalue weighted by molar-refractivity contribution is 7.92. The van der Waals surface area contributed by atoms with Gasteiger partial charge in [-0.3, -0.25) is 13.9 Å². The Morgan fingerprint density at radius 1 is 1.02 bits per heavy atom. The van der Waals surface area contributed by atoms with Crippen LogP contribution in [0.3, 0.4) is 0 Å². The second-order valence-electron chi connectivity index (χ2n) is 11.0. The number of hydrogen-bond acceptors (Lipinski definition) is 5. The molecule has 0 saturated heterocycles. The molecular formula is C31H37ClFN3O5S. The maximum absolute atomic E-state index is 14.2. The molecule has 0 radical (unpaired) electrons. The Kier molecular flexibility index (Phi) is 10.6. The molecule has 11 heteroatoms. The van der Waals surface area contributed by atoms with Gasteiger partial charge >= 0.3 is 0 Å². The van der Waals surface area contributed by atoms with Crippen LogP contribution in [0.2, 0.25) is 5.02 Å². The predicted octanol–water partition coefficient (Wildman–Crippen LogP) is 5.71. The van der Waals surface area contributed by atoms with E-state index in [1.807, 2.05) is 27.7 Å². The molecule has 0 saturated carbocycles. The number of nitrogens with zero attached hydrogens (tertiary/aromatic N) is 2. The molecule has 0 spiro atoms. The van der Waals surface area contributed by atoms with E-state index in [1.54, 1.807) is 25.1 Å². The first-order chi connectivity index (χ1) is 19.7. The zero-order chi connectivity index (χ0) is 31.2. The Morgan fingerprint density at radius 3 is 2.19 bits per heavy atom. The number of carbonyl (C=O) groups excluding carboxylic acids is 2. The number of halogens is 2. The number of methoxy groups -OCH3 is 1. The molecule has 0 aliphatic carbocycles. The summed E-state index contributed by atoms with van der Waals surface area (Å²) in [7, 11) is -2.93. The van der Waals surface area contributed by atoms with Crippen molar-refractivity contribution >= 4 is 39.1 Å². The van der Waals surface area contributed by atoms with Crippen LogP contribution in [-0.2, 0) is 26.2 Å². The van der Waals surface area contributed by atoms with E-state index in [9.17, 15) is 22.4 Å². The maximum atomic E-state index is 14.2. The molecular weight excluding hydrogens is 581 g/mol. The van der Waals surface area contributed by atoms with E-state index < -0.39 is 45.8 Å². The van der Waals surface area contributed by atoms with Gasteiger partial charge in [0.15, 0.2) is 0 Å². The second kappa shape index (κ2) is 13.6. The third-order valence-corrected chi connectivity index (χ3v) is 8.46. The van der Waals surface area contributed by atoms with Crippen molar-refractivity contribution in [3.8, 4) is 5.75 Å². The fourth-order valence-corrected chi connectivity index (χ4v) is 5.95. The Bertz CT molecular complexity index is 1510. The summed E-state index contributed by atoms with van der Waals surface area (Å²) in [5, 5.41) is 3.15. The van der Waals surface area contributed by atoms with E-state index in [4.69, 9.17) is 16.3 Å². The fraction of sp³-hybridized carbons (Fsp3) is 0.355. The summed E-state index contributed by atoms with van der Waals surface area (Å²) >= 11 is 6.27. The third-order valence-electron chi connectivity index (χ3n) is 6.45. The Labute approximate surface area is 252 Å². The molecule has 8 nitrogen and oxygen atoms in total. The number of hydrogen-bond donors (Lipinski definition) is 1. The highest BCUT2D eigenvalue weighted by atomic mass is 35.5. The average molecular weight is 618 g/mol. The monoisotopic (exact) mass is 617 g/mol.